The summed E-state index contributed by atoms with van der Waals surface area (Å²) in [4.78, 5) is 0. The molecular formula is C17H14BrFN2. The minimum atomic E-state index is -0.747. The van der Waals surface area contributed by atoms with E-state index in [0.29, 0.717) is 18.5 Å². The van der Waals surface area contributed by atoms with Gasteiger partial charge in [0.05, 0.1) is 11.8 Å². The molecule has 2 aromatic rings. The van der Waals surface area contributed by atoms with Crippen LogP contribution < -0.4 is 5.32 Å². The molecule has 1 unspecified atom stereocenters. The van der Waals surface area contributed by atoms with Crippen LogP contribution in [0, 0.1) is 17.1 Å². The van der Waals surface area contributed by atoms with Gasteiger partial charge in [0, 0.05) is 10.9 Å². The maximum atomic E-state index is 13.8. The Morgan fingerprint density at radius 3 is 2.76 bits per heavy atom. The Balaban J connectivity index is 1.91. The van der Waals surface area contributed by atoms with E-state index in [1.807, 2.05) is 12.1 Å². The molecule has 2 aromatic carbocycles. The number of anilines is 1. The van der Waals surface area contributed by atoms with Crippen molar-refractivity contribution in [2.24, 2.45) is 0 Å². The monoisotopic (exact) mass is 344 g/mol. The number of nitrogens with one attached hydrogen (secondary N) is 1. The normalized spacial score (nSPS) is 20.4. The molecule has 0 radical (unpaired) electrons. The van der Waals surface area contributed by atoms with Crippen LogP contribution in [0.2, 0.25) is 0 Å². The molecule has 0 aromatic heterocycles. The van der Waals surface area contributed by atoms with Crippen molar-refractivity contribution >= 4 is 21.6 Å². The van der Waals surface area contributed by atoms with E-state index in [1.54, 1.807) is 18.2 Å². The van der Waals surface area contributed by atoms with Crippen LogP contribution in [-0.4, -0.2) is 5.54 Å². The molecule has 0 aliphatic heterocycles. The summed E-state index contributed by atoms with van der Waals surface area (Å²) in [7, 11) is 0. The van der Waals surface area contributed by atoms with E-state index in [0.717, 1.165) is 16.5 Å². The quantitative estimate of drug-likeness (QED) is 0.873. The molecule has 3 rings (SSSR count). The van der Waals surface area contributed by atoms with Gasteiger partial charge >= 0.3 is 0 Å². The number of halogens is 2. The number of hydrogen-bond acceptors (Lipinski definition) is 2. The summed E-state index contributed by atoms with van der Waals surface area (Å²) in [6.45, 7) is 0. The summed E-state index contributed by atoms with van der Waals surface area (Å²) in [5.41, 5.74) is 2.04. The molecule has 0 spiro atoms. The summed E-state index contributed by atoms with van der Waals surface area (Å²) in [5, 5.41) is 12.7. The maximum absolute atomic E-state index is 13.8. The molecule has 0 bridgehead atoms. The highest BCUT2D eigenvalue weighted by Gasteiger charge is 2.35. The van der Waals surface area contributed by atoms with Crippen LogP contribution in [0.5, 0.6) is 0 Å². The van der Waals surface area contributed by atoms with Gasteiger partial charge in [-0.05, 0) is 48.2 Å². The van der Waals surface area contributed by atoms with Gasteiger partial charge < -0.3 is 5.32 Å². The number of rotatable bonds is 2. The second-order valence-electron chi connectivity index (χ2n) is 5.39. The third kappa shape index (κ3) is 2.79. The lowest BCUT2D eigenvalue weighted by Crippen LogP contribution is -2.42. The highest BCUT2D eigenvalue weighted by molar-refractivity contribution is 9.10. The number of aryl methyl sites for hydroxylation is 1. The highest BCUT2D eigenvalue weighted by atomic mass is 79.9. The van der Waals surface area contributed by atoms with Gasteiger partial charge in [-0.2, -0.15) is 5.26 Å². The molecule has 21 heavy (non-hydrogen) atoms. The Morgan fingerprint density at radius 2 is 2.00 bits per heavy atom. The number of fused-ring (bicyclic) bond motifs is 1. The number of nitriles is 1. The number of benzene rings is 2. The van der Waals surface area contributed by atoms with E-state index < -0.39 is 5.54 Å². The largest absolute Gasteiger partial charge is 0.365 e. The summed E-state index contributed by atoms with van der Waals surface area (Å²) in [6, 6.07) is 15.0. The first-order valence-electron chi connectivity index (χ1n) is 6.83. The molecular weight excluding hydrogens is 331 g/mol. The zero-order chi connectivity index (χ0) is 14.9. The lowest BCUT2D eigenvalue weighted by molar-refractivity contribution is 0.501. The first-order valence-corrected chi connectivity index (χ1v) is 7.62. The van der Waals surface area contributed by atoms with E-state index in [-0.39, 0.29) is 5.82 Å². The maximum Gasteiger partial charge on any atom is 0.146 e. The van der Waals surface area contributed by atoms with E-state index >= 15 is 0 Å². The van der Waals surface area contributed by atoms with Crippen molar-refractivity contribution < 1.29 is 4.39 Å². The van der Waals surface area contributed by atoms with Crippen LogP contribution in [0.3, 0.4) is 0 Å². The highest BCUT2D eigenvalue weighted by Crippen LogP contribution is 2.33. The van der Waals surface area contributed by atoms with Crippen molar-refractivity contribution in [2.75, 3.05) is 5.32 Å². The zero-order valence-electron chi connectivity index (χ0n) is 11.4. The van der Waals surface area contributed by atoms with Crippen LogP contribution in [0.25, 0.3) is 0 Å². The second-order valence-corrected chi connectivity index (χ2v) is 6.30. The lowest BCUT2D eigenvalue weighted by Gasteiger charge is -2.34. The molecule has 0 heterocycles. The van der Waals surface area contributed by atoms with Gasteiger partial charge in [0.1, 0.15) is 11.4 Å². The third-order valence-electron chi connectivity index (χ3n) is 3.94. The average molecular weight is 345 g/mol. The van der Waals surface area contributed by atoms with Gasteiger partial charge in [-0.3, -0.25) is 0 Å². The first kappa shape index (κ1) is 14.1. The molecule has 0 fully saturated rings. The van der Waals surface area contributed by atoms with Crippen LogP contribution in [0.15, 0.2) is 46.9 Å². The summed E-state index contributed by atoms with van der Waals surface area (Å²) < 4.78 is 14.9. The van der Waals surface area contributed by atoms with Crippen molar-refractivity contribution in [1.29, 1.82) is 5.26 Å². The second kappa shape index (κ2) is 5.50. The SMILES string of the molecule is N#CC1(Nc2ccccc2F)CCc2cc(Br)ccc2C1. The molecule has 106 valence electrons. The Hall–Kier alpha value is -1.86. The third-order valence-corrected chi connectivity index (χ3v) is 4.44. The summed E-state index contributed by atoms with van der Waals surface area (Å²) >= 11 is 3.47. The number of nitrogens with zero attached hydrogens (tertiary/aromatic N) is 1. The van der Waals surface area contributed by atoms with Crippen LogP contribution in [0.1, 0.15) is 17.5 Å². The Kier molecular flexibility index (Phi) is 3.69. The van der Waals surface area contributed by atoms with Gasteiger partial charge in [-0.15, -0.1) is 0 Å². The minimum absolute atomic E-state index is 0.325. The standard InChI is InChI=1S/C17H14BrFN2/c18-14-6-5-13-10-17(11-20,8-7-12(13)9-14)21-16-4-2-1-3-15(16)19/h1-6,9,21H,7-8,10H2. The molecule has 2 nitrogen and oxygen atoms in total. The fraction of sp³-hybridized carbons (Fsp3) is 0.235. The minimum Gasteiger partial charge on any atom is -0.365 e. The molecule has 1 aliphatic rings. The molecule has 4 heteroatoms. The van der Waals surface area contributed by atoms with Crippen molar-refractivity contribution in [3.63, 3.8) is 0 Å². The zero-order valence-corrected chi connectivity index (χ0v) is 13.0. The predicted octanol–water partition coefficient (Wildman–Crippen LogP) is 4.45. The molecule has 0 amide bonds. The molecule has 1 atom stereocenters. The fourth-order valence-electron chi connectivity index (χ4n) is 2.81. The average Bonchev–Trinajstić information content (AvgIpc) is 2.50. The molecule has 0 saturated heterocycles. The molecule has 1 aliphatic carbocycles. The van der Waals surface area contributed by atoms with Crippen LogP contribution >= 0.6 is 15.9 Å². The Morgan fingerprint density at radius 1 is 1.19 bits per heavy atom. The van der Waals surface area contributed by atoms with Gasteiger partial charge in [0.15, 0.2) is 0 Å². The van der Waals surface area contributed by atoms with E-state index in [2.05, 4.69) is 33.4 Å². The predicted molar refractivity (Wildman–Crippen MR) is 84.5 cm³/mol. The fourth-order valence-corrected chi connectivity index (χ4v) is 3.22. The van der Waals surface area contributed by atoms with E-state index in [4.69, 9.17) is 0 Å². The molecule has 0 saturated carbocycles. The van der Waals surface area contributed by atoms with Crippen molar-refractivity contribution in [2.45, 2.75) is 24.8 Å². The molecule has 1 N–H and O–H groups in total. The van der Waals surface area contributed by atoms with Gasteiger partial charge in [0.2, 0.25) is 0 Å². The topological polar surface area (TPSA) is 35.8 Å². The van der Waals surface area contributed by atoms with Crippen LogP contribution in [0.4, 0.5) is 10.1 Å². The number of para-hydroxylation sites is 1. The van der Waals surface area contributed by atoms with Crippen molar-refractivity contribution in [3.05, 3.63) is 63.9 Å². The lowest BCUT2D eigenvalue weighted by atomic mass is 9.78. The Bertz CT molecular complexity index is 723. The van der Waals surface area contributed by atoms with Crippen LogP contribution in [-0.2, 0) is 12.8 Å². The number of hydrogen-bond donors (Lipinski definition) is 1. The van der Waals surface area contributed by atoms with Gasteiger partial charge in [0.25, 0.3) is 0 Å². The summed E-state index contributed by atoms with van der Waals surface area (Å²) in [5.74, 6) is -0.325. The van der Waals surface area contributed by atoms with Crippen molar-refractivity contribution in [1.82, 2.24) is 0 Å². The Labute approximate surface area is 131 Å². The van der Waals surface area contributed by atoms with E-state index in [9.17, 15) is 9.65 Å². The van der Waals surface area contributed by atoms with Crippen molar-refractivity contribution in [3.8, 4) is 6.07 Å². The first-order chi connectivity index (χ1) is 10.1. The smallest absolute Gasteiger partial charge is 0.146 e. The van der Waals surface area contributed by atoms with Gasteiger partial charge in [-0.25, -0.2) is 4.39 Å². The van der Waals surface area contributed by atoms with E-state index in [1.165, 1.54) is 11.6 Å². The van der Waals surface area contributed by atoms with Gasteiger partial charge in [-0.1, -0.05) is 34.1 Å². The summed E-state index contributed by atoms with van der Waals surface area (Å²) in [6.07, 6.45) is 2.06.